The first-order chi connectivity index (χ1) is 8.02. The van der Waals surface area contributed by atoms with Crippen molar-refractivity contribution in [3.8, 4) is 5.75 Å². The van der Waals surface area contributed by atoms with Crippen LogP contribution in [0.1, 0.15) is 19.4 Å². The third kappa shape index (κ3) is 5.00. The third-order valence-corrected chi connectivity index (χ3v) is 3.60. The molecule has 17 heavy (non-hydrogen) atoms. The Labute approximate surface area is 112 Å². The van der Waals surface area contributed by atoms with E-state index in [0.29, 0.717) is 22.4 Å². The molecule has 0 N–H and O–H groups in total. The van der Waals surface area contributed by atoms with Crippen LogP contribution in [-0.4, -0.2) is 23.9 Å². The highest BCUT2D eigenvalue weighted by Gasteiger charge is 2.10. The van der Waals surface area contributed by atoms with Crippen LogP contribution in [0.2, 0.25) is 5.02 Å². The number of ether oxygens (including phenoxy) is 1. The normalized spacial score (nSPS) is 10.6. The molecule has 0 saturated carbocycles. The van der Waals surface area contributed by atoms with Crippen LogP contribution in [-0.2, 0) is 11.2 Å². The highest BCUT2D eigenvalue weighted by Crippen LogP contribution is 2.23. The van der Waals surface area contributed by atoms with Crippen LogP contribution in [0, 0.1) is 0 Å². The Bertz CT molecular complexity index is 391. The van der Waals surface area contributed by atoms with Gasteiger partial charge in [0.15, 0.2) is 0 Å². The minimum absolute atomic E-state index is 0.198. The van der Waals surface area contributed by atoms with Crippen LogP contribution >= 0.6 is 23.4 Å². The molecule has 4 heteroatoms. The second-order valence-corrected chi connectivity index (χ2v) is 6.03. The van der Waals surface area contributed by atoms with Gasteiger partial charge in [0, 0.05) is 17.0 Å². The van der Waals surface area contributed by atoms with E-state index < -0.39 is 0 Å². The predicted octanol–water partition coefficient (Wildman–Crippen LogP) is 3.60. The molecule has 1 aromatic rings. The molecule has 0 fully saturated rings. The summed E-state index contributed by atoms with van der Waals surface area (Å²) in [5.41, 5.74) is 0.856. The average Bonchev–Trinajstić information content (AvgIpc) is 2.27. The number of carbonyl (C=O) groups is 1. The summed E-state index contributed by atoms with van der Waals surface area (Å²) in [6.07, 6.45) is 0.378. The Morgan fingerprint density at radius 1 is 1.47 bits per heavy atom. The second-order valence-electron chi connectivity index (χ2n) is 4.03. The monoisotopic (exact) mass is 272 g/mol. The molecule has 0 radical (unpaired) electrons. The van der Waals surface area contributed by atoms with Gasteiger partial charge in [-0.15, -0.1) is 0 Å². The number of halogens is 1. The summed E-state index contributed by atoms with van der Waals surface area (Å²) in [7, 11) is 1.60. The molecule has 0 aliphatic heterocycles. The molecule has 94 valence electrons. The molecule has 1 aromatic carbocycles. The number of hydrogen-bond donors (Lipinski definition) is 0. The number of thioether (sulfide) groups is 1. The number of rotatable bonds is 6. The van der Waals surface area contributed by atoms with Gasteiger partial charge in [-0.2, -0.15) is 11.8 Å². The van der Waals surface area contributed by atoms with Gasteiger partial charge >= 0.3 is 0 Å². The van der Waals surface area contributed by atoms with Gasteiger partial charge in [0.1, 0.15) is 11.5 Å². The van der Waals surface area contributed by atoms with Crippen molar-refractivity contribution in [3.05, 3.63) is 28.8 Å². The zero-order valence-electron chi connectivity index (χ0n) is 10.3. The van der Waals surface area contributed by atoms with Crippen molar-refractivity contribution in [3.63, 3.8) is 0 Å². The van der Waals surface area contributed by atoms with E-state index >= 15 is 0 Å². The van der Waals surface area contributed by atoms with Crippen LogP contribution in [0.4, 0.5) is 0 Å². The minimum Gasteiger partial charge on any atom is -0.496 e. The number of benzene rings is 1. The lowest BCUT2D eigenvalue weighted by molar-refractivity contribution is -0.116. The van der Waals surface area contributed by atoms with Crippen molar-refractivity contribution in [2.45, 2.75) is 25.5 Å². The van der Waals surface area contributed by atoms with Crippen molar-refractivity contribution in [2.75, 3.05) is 12.9 Å². The molecule has 0 bridgehead atoms. The van der Waals surface area contributed by atoms with E-state index in [1.54, 1.807) is 37.1 Å². The maximum atomic E-state index is 11.8. The van der Waals surface area contributed by atoms with E-state index in [4.69, 9.17) is 16.3 Å². The average molecular weight is 273 g/mol. The smallest absolute Gasteiger partial charge is 0.147 e. The van der Waals surface area contributed by atoms with Crippen molar-refractivity contribution in [1.82, 2.24) is 0 Å². The minimum atomic E-state index is 0.198. The van der Waals surface area contributed by atoms with Gasteiger partial charge < -0.3 is 4.74 Å². The van der Waals surface area contributed by atoms with E-state index in [1.807, 2.05) is 0 Å². The fourth-order valence-corrected chi connectivity index (χ4v) is 2.22. The Hall–Kier alpha value is -0.670. The number of ketones is 1. The van der Waals surface area contributed by atoms with E-state index in [0.717, 1.165) is 11.3 Å². The predicted molar refractivity (Wildman–Crippen MR) is 74.3 cm³/mol. The number of carbonyl (C=O) groups excluding carboxylic acids is 1. The number of Topliss-reactive ketones (excluding diaryl/α,β-unsaturated/α-hetero) is 1. The maximum Gasteiger partial charge on any atom is 0.147 e. The van der Waals surface area contributed by atoms with Gasteiger partial charge in [-0.25, -0.2) is 0 Å². The topological polar surface area (TPSA) is 26.3 Å². The standard InChI is InChI=1S/C13H17ClO2S/c1-9(2)17-8-12(15)7-10-6-11(14)4-5-13(10)16-3/h4-6,9H,7-8H2,1-3H3. The van der Waals surface area contributed by atoms with Crippen molar-refractivity contribution in [2.24, 2.45) is 0 Å². The van der Waals surface area contributed by atoms with Crippen LogP contribution in [0.25, 0.3) is 0 Å². The molecule has 2 nitrogen and oxygen atoms in total. The van der Waals surface area contributed by atoms with Crippen LogP contribution in [0.15, 0.2) is 18.2 Å². The Morgan fingerprint density at radius 3 is 2.76 bits per heavy atom. The summed E-state index contributed by atoms with van der Waals surface area (Å²) < 4.78 is 5.21. The zero-order chi connectivity index (χ0) is 12.8. The summed E-state index contributed by atoms with van der Waals surface area (Å²) in [6.45, 7) is 4.16. The molecular weight excluding hydrogens is 256 g/mol. The van der Waals surface area contributed by atoms with E-state index in [-0.39, 0.29) is 5.78 Å². The number of methoxy groups -OCH3 is 1. The van der Waals surface area contributed by atoms with Gasteiger partial charge in [-0.1, -0.05) is 25.4 Å². The van der Waals surface area contributed by atoms with Gasteiger partial charge in [-0.05, 0) is 23.4 Å². The summed E-state index contributed by atoms with van der Waals surface area (Å²) in [5.74, 6) is 1.45. The molecule has 0 saturated heterocycles. The zero-order valence-corrected chi connectivity index (χ0v) is 11.9. The van der Waals surface area contributed by atoms with Crippen LogP contribution in [0.5, 0.6) is 5.75 Å². The highest BCUT2D eigenvalue weighted by atomic mass is 35.5. The first-order valence-corrected chi connectivity index (χ1v) is 6.91. The van der Waals surface area contributed by atoms with Gasteiger partial charge in [0.2, 0.25) is 0 Å². The van der Waals surface area contributed by atoms with Crippen LogP contribution < -0.4 is 4.74 Å². The lowest BCUT2D eigenvalue weighted by Gasteiger charge is -2.09. The Balaban J connectivity index is 2.66. The molecule has 0 unspecified atom stereocenters. The summed E-state index contributed by atoms with van der Waals surface area (Å²) in [5, 5.41) is 1.10. The van der Waals surface area contributed by atoms with Crippen molar-refractivity contribution >= 4 is 29.1 Å². The molecule has 0 heterocycles. The first kappa shape index (κ1) is 14.4. The molecule has 0 spiro atoms. The largest absolute Gasteiger partial charge is 0.496 e. The SMILES string of the molecule is COc1ccc(Cl)cc1CC(=O)CSC(C)C. The fourth-order valence-electron chi connectivity index (χ4n) is 1.41. The summed E-state index contributed by atoms with van der Waals surface area (Å²) >= 11 is 7.57. The second kappa shape index (κ2) is 6.92. The Morgan fingerprint density at radius 2 is 2.18 bits per heavy atom. The lowest BCUT2D eigenvalue weighted by Crippen LogP contribution is -2.08. The molecule has 0 atom stereocenters. The molecule has 0 aromatic heterocycles. The quantitative estimate of drug-likeness (QED) is 0.791. The van der Waals surface area contributed by atoms with E-state index in [1.165, 1.54) is 0 Å². The van der Waals surface area contributed by atoms with Gasteiger partial charge in [-0.3, -0.25) is 4.79 Å². The fraction of sp³-hybridized carbons (Fsp3) is 0.462. The first-order valence-electron chi connectivity index (χ1n) is 5.48. The van der Waals surface area contributed by atoms with Gasteiger partial charge in [0.05, 0.1) is 12.9 Å². The maximum absolute atomic E-state index is 11.8. The molecular formula is C13H17ClO2S. The Kier molecular flexibility index (Phi) is 5.86. The van der Waals surface area contributed by atoms with Crippen molar-refractivity contribution < 1.29 is 9.53 Å². The van der Waals surface area contributed by atoms with Crippen molar-refractivity contribution in [1.29, 1.82) is 0 Å². The number of hydrogen-bond acceptors (Lipinski definition) is 3. The van der Waals surface area contributed by atoms with Crippen LogP contribution in [0.3, 0.4) is 0 Å². The summed E-state index contributed by atoms with van der Waals surface area (Å²) in [6, 6.07) is 5.34. The lowest BCUT2D eigenvalue weighted by atomic mass is 10.1. The van der Waals surface area contributed by atoms with E-state index in [9.17, 15) is 4.79 Å². The van der Waals surface area contributed by atoms with Gasteiger partial charge in [0.25, 0.3) is 0 Å². The molecule has 0 aliphatic carbocycles. The van der Waals surface area contributed by atoms with E-state index in [2.05, 4.69) is 13.8 Å². The molecule has 1 rings (SSSR count). The highest BCUT2D eigenvalue weighted by molar-refractivity contribution is 8.00. The molecule has 0 amide bonds. The molecule has 0 aliphatic rings. The third-order valence-electron chi connectivity index (χ3n) is 2.21. The summed E-state index contributed by atoms with van der Waals surface area (Å²) in [4.78, 5) is 11.8.